The number of nitrogens with zero attached hydrogens (tertiary/aromatic N) is 3. The maximum absolute atomic E-state index is 11.7. The fourth-order valence-corrected chi connectivity index (χ4v) is 1.17. The molecule has 0 aromatic carbocycles. The lowest BCUT2D eigenvalue weighted by atomic mass is 10.2. The van der Waals surface area contributed by atoms with E-state index in [4.69, 9.17) is 5.73 Å². The normalized spacial score (nSPS) is 11.9. The van der Waals surface area contributed by atoms with Crippen molar-refractivity contribution in [2.45, 2.75) is 19.9 Å². The fourth-order valence-electron chi connectivity index (χ4n) is 1.17. The van der Waals surface area contributed by atoms with Gasteiger partial charge in [-0.25, -0.2) is 4.63 Å². The third kappa shape index (κ3) is 2.92. The van der Waals surface area contributed by atoms with Crippen LogP contribution < -0.4 is 11.1 Å². The molecule has 0 aliphatic carbocycles. The molecule has 0 aliphatic rings. The predicted octanol–water partition coefficient (Wildman–Crippen LogP) is -0.752. The van der Waals surface area contributed by atoms with Crippen LogP contribution in [0.2, 0.25) is 0 Å². The maximum atomic E-state index is 11.7. The van der Waals surface area contributed by atoms with E-state index in [0.717, 1.165) is 0 Å². The summed E-state index contributed by atoms with van der Waals surface area (Å²) in [6.45, 7) is 3.98. The standard InChI is InChI=1S/C9H15N5O3/c1-4-14(3)9(16)5(2)11-8(15)6-7(10)13-17-12-6/h5H,4H2,1-3H3,(H2,10,13)(H,11,15). The van der Waals surface area contributed by atoms with Gasteiger partial charge in [0.2, 0.25) is 17.4 Å². The van der Waals surface area contributed by atoms with Gasteiger partial charge in [-0.1, -0.05) is 0 Å². The van der Waals surface area contributed by atoms with Gasteiger partial charge in [0.15, 0.2) is 0 Å². The van der Waals surface area contributed by atoms with E-state index in [0.29, 0.717) is 6.54 Å². The molecule has 1 atom stereocenters. The molecule has 0 spiro atoms. The average Bonchev–Trinajstić information content (AvgIpc) is 2.73. The first-order valence-corrected chi connectivity index (χ1v) is 5.11. The monoisotopic (exact) mass is 241 g/mol. The van der Waals surface area contributed by atoms with E-state index < -0.39 is 11.9 Å². The Bertz CT molecular complexity index is 417. The number of aromatic nitrogens is 2. The molecule has 3 N–H and O–H groups in total. The third-order valence-electron chi connectivity index (χ3n) is 2.30. The van der Waals surface area contributed by atoms with Crippen LogP contribution in [0.4, 0.5) is 5.82 Å². The van der Waals surface area contributed by atoms with E-state index in [-0.39, 0.29) is 17.4 Å². The lowest BCUT2D eigenvalue weighted by Gasteiger charge is -2.20. The molecule has 1 unspecified atom stereocenters. The number of rotatable bonds is 4. The highest BCUT2D eigenvalue weighted by molar-refractivity contribution is 5.98. The molecular formula is C9H15N5O3. The average molecular weight is 241 g/mol. The van der Waals surface area contributed by atoms with Gasteiger partial charge >= 0.3 is 0 Å². The molecule has 0 saturated heterocycles. The van der Waals surface area contributed by atoms with Gasteiger partial charge in [-0.2, -0.15) is 0 Å². The van der Waals surface area contributed by atoms with Crippen LogP contribution in [0.1, 0.15) is 24.3 Å². The smallest absolute Gasteiger partial charge is 0.278 e. The number of amides is 2. The number of anilines is 1. The van der Waals surface area contributed by atoms with Crippen molar-refractivity contribution in [3.63, 3.8) is 0 Å². The van der Waals surface area contributed by atoms with E-state index in [9.17, 15) is 9.59 Å². The Morgan fingerprint density at radius 3 is 2.65 bits per heavy atom. The summed E-state index contributed by atoms with van der Waals surface area (Å²) >= 11 is 0. The second-order valence-corrected chi connectivity index (χ2v) is 3.55. The molecule has 1 aromatic heterocycles. The summed E-state index contributed by atoms with van der Waals surface area (Å²) in [6, 6.07) is -0.663. The maximum Gasteiger partial charge on any atom is 0.278 e. The summed E-state index contributed by atoms with van der Waals surface area (Å²) in [4.78, 5) is 24.8. The van der Waals surface area contributed by atoms with Crippen LogP contribution in [0.15, 0.2) is 4.63 Å². The van der Waals surface area contributed by atoms with Gasteiger partial charge in [-0.05, 0) is 24.2 Å². The van der Waals surface area contributed by atoms with Crippen LogP contribution in [-0.2, 0) is 4.79 Å². The topological polar surface area (TPSA) is 114 Å². The second-order valence-electron chi connectivity index (χ2n) is 3.55. The van der Waals surface area contributed by atoms with Crippen molar-refractivity contribution in [2.75, 3.05) is 19.3 Å². The summed E-state index contributed by atoms with van der Waals surface area (Å²) in [6.07, 6.45) is 0. The highest BCUT2D eigenvalue weighted by Gasteiger charge is 2.22. The lowest BCUT2D eigenvalue weighted by Crippen LogP contribution is -2.45. The molecule has 1 aromatic rings. The van der Waals surface area contributed by atoms with Crippen LogP contribution in [-0.4, -0.2) is 46.7 Å². The predicted molar refractivity (Wildman–Crippen MR) is 58.9 cm³/mol. The number of nitrogens with one attached hydrogen (secondary N) is 1. The number of carbonyl (C=O) groups excluding carboxylic acids is 2. The molecule has 0 aliphatic heterocycles. The Morgan fingerprint density at radius 2 is 2.18 bits per heavy atom. The van der Waals surface area contributed by atoms with Gasteiger partial charge in [0, 0.05) is 13.6 Å². The van der Waals surface area contributed by atoms with Gasteiger partial charge in [0.25, 0.3) is 5.91 Å². The Morgan fingerprint density at radius 1 is 1.53 bits per heavy atom. The van der Waals surface area contributed by atoms with Crippen molar-refractivity contribution in [1.29, 1.82) is 0 Å². The first kappa shape index (κ1) is 12.9. The number of likely N-dealkylation sites (N-methyl/N-ethyl adjacent to an activating group) is 1. The summed E-state index contributed by atoms with van der Waals surface area (Å²) in [7, 11) is 1.65. The fraction of sp³-hybridized carbons (Fsp3) is 0.556. The largest absolute Gasteiger partial charge is 0.379 e. The lowest BCUT2D eigenvalue weighted by molar-refractivity contribution is -0.131. The SMILES string of the molecule is CCN(C)C(=O)C(C)NC(=O)c1nonc1N. The van der Waals surface area contributed by atoms with Crippen LogP contribution in [0.25, 0.3) is 0 Å². The minimum absolute atomic E-state index is 0.106. The molecule has 17 heavy (non-hydrogen) atoms. The summed E-state index contributed by atoms with van der Waals surface area (Å²) in [5.41, 5.74) is 5.23. The van der Waals surface area contributed by atoms with Gasteiger partial charge in [0.05, 0.1) is 0 Å². The van der Waals surface area contributed by atoms with E-state index in [1.165, 1.54) is 4.90 Å². The number of nitrogens with two attached hydrogens (primary N) is 1. The Kier molecular flexibility index (Phi) is 4.02. The van der Waals surface area contributed by atoms with E-state index in [2.05, 4.69) is 20.3 Å². The van der Waals surface area contributed by atoms with Crippen molar-refractivity contribution in [1.82, 2.24) is 20.5 Å². The molecule has 8 heteroatoms. The van der Waals surface area contributed by atoms with Gasteiger partial charge in [-0.3, -0.25) is 9.59 Å². The number of hydrogen-bond acceptors (Lipinski definition) is 6. The molecule has 0 fully saturated rings. The summed E-state index contributed by atoms with van der Waals surface area (Å²) < 4.78 is 4.30. The zero-order chi connectivity index (χ0) is 13.0. The van der Waals surface area contributed by atoms with Crippen molar-refractivity contribution in [3.05, 3.63) is 5.69 Å². The quantitative estimate of drug-likeness (QED) is 0.716. The molecule has 1 heterocycles. The molecule has 0 bridgehead atoms. The van der Waals surface area contributed by atoms with Crippen molar-refractivity contribution >= 4 is 17.6 Å². The zero-order valence-corrected chi connectivity index (χ0v) is 9.93. The minimum atomic E-state index is -0.663. The van der Waals surface area contributed by atoms with Crippen LogP contribution in [0, 0.1) is 0 Å². The third-order valence-corrected chi connectivity index (χ3v) is 2.30. The Hall–Kier alpha value is -2.12. The highest BCUT2D eigenvalue weighted by Crippen LogP contribution is 2.04. The van der Waals surface area contributed by atoms with Crippen LogP contribution in [0.5, 0.6) is 0 Å². The van der Waals surface area contributed by atoms with Crippen LogP contribution in [0.3, 0.4) is 0 Å². The number of nitrogen functional groups attached to an aromatic ring is 1. The molecule has 2 amide bonds. The first-order valence-electron chi connectivity index (χ1n) is 5.11. The van der Waals surface area contributed by atoms with E-state index >= 15 is 0 Å². The van der Waals surface area contributed by atoms with E-state index in [1.807, 2.05) is 6.92 Å². The Balaban J connectivity index is 2.64. The Labute approximate surface area is 98.1 Å². The molecule has 0 saturated carbocycles. The van der Waals surface area contributed by atoms with Gasteiger partial charge < -0.3 is 16.0 Å². The molecule has 94 valence electrons. The second kappa shape index (κ2) is 5.28. The molecule has 8 nitrogen and oxygen atoms in total. The van der Waals surface area contributed by atoms with Gasteiger partial charge in [0.1, 0.15) is 6.04 Å². The minimum Gasteiger partial charge on any atom is -0.379 e. The zero-order valence-electron chi connectivity index (χ0n) is 9.93. The molecular weight excluding hydrogens is 226 g/mol. The number of carbonyl (C=O) groups is 2. The van der Waals surface area contributed by atoms with Crippen molar-refractivity contribution in [3.8, 4) is 0 Å². The van der Waals surface area contributed by atoms with Crippen LogP contribution >= 0.6 is 0 Å². The van der Waals surface area contributed by atoms with Crippen molar-refractivity contribution < 1.29 is 14.2 Å². The molecule has 1 rings (SSSR count). The highest BCUT2D eigenvalue weighted by atomic mass is 16.6. The summed E-state index contributed by atoms with van der Waals surface area (Å²) in [5, 5.41) is 9.09. The molecule has 0 radical (unpaired) electrons. The number of hydrogen-bond donors (Lipinski definition) is 2. The van der Waals surface area contributed by atoms with Crippen molar-refractivity contribution in [2.24, 2.45) is 0 Å². The summed E-state index contributed by atoms with van der Waals surface area (Å²) in [5.74, 6) is -0.893. The first-order chi connectivity index (χ1) is 7.97. The van der Waals surface area contributed by atoms with E-state index in [1.54, 1.807) is 14.0 Å². The van der Waals surface area contributed by atoms with Gasteiger partial charge in [-0.15, -0.1) is 0 Å².